The number of hydrogen-bond donors (Lipinski definition) is 2. The zero-order valence-corrected chi connectivity index (χ0v) is 14.6. The van der Waals surface area contributed by atoms with Crippen molar-refractivity contribution < 1.29 is 13.2 Å². The third-order valence-corrected chi connectivity index (χ3v) is 6.02. The predicted octanol–water partition coefficient (Wildman–Crippen LogP) is 0.336. The van der Waals surface area contributed by atoms with Crippen LogP contribution in [0.2, 0.25) is 0 Å². The number of nitrogens with zero attached hydrogens (tertiary/aromatic N) is 2. The molecular weight excluding hydrogens is 316 g/mol. The lowest BCUT2D eigenvalue weighted by Crippen LogP contribution is -2.55. The van der Waals surface area contributed by atoms with E-state index in [1.807, 2.05) is 0 Å². The summed E-state index contributed by atoms with van der Waals surface area (Å²) in [5.41, 5.74) is 0. The van der Waals surface area contributed by atoms with E-state index in [-0.39, 0.29) is 18.1 Å². The van der Waals surface area contributed by atoms with E-state index in [0.717, 1.165) is 32.4 Å². The lowest BCUT2D eigenvalue weighted by Gasteiger charge is -2.36. The van der Waals surface area contributed by atoms with Crippen LogP contribution in [0.1, 0.15) is 38.5 Å². The Hall–Kier alpha value is -0.860. The van der Waals surface area contributed by atoms with Crippen LogP contribution in [0.25, 0.3) is 0 Å². The van der Waals surface area contributed by atoms with E-state index in [1.54, 1.807) is 4.90 Å². The molecule has 8 heteroatoms. The van der Waals surface area contributed by atoms with Gasteiger partial charge in [-0.25, -0.2) is 17.9 Å². The molecule has 0 spiro atoms. The van der Waals surface area contributed by atoms with E-state index < -0.39 is 10.0 Å². The molecule has 3 saturated heterocycles. The average molecular weight is 344 g/mol. The Labute approximate surface area is 138 Å². The van der Waals surface area contributed by atoms with Gasteiger partial charge in [-0.1, -0.05) is 6.42 Å². The standard InChI is InChI=1S/C15H28N4O3S/c1-23(21,22)17-12-5-4-9-19(11-12)15(20)16-13-7-10-18-8-3-2-6-14(13)18/h12-14,17H,2-11H2,1H3,(H,16,20). The number of piperidine rings is 2. The number of carbonyl (C=O) groups is 1. The van der Waals surface area contributed by atoms with E-state index in [9.17, 15) is 13.2 Å². The Balaban J connectivity index is 1.53. The van der Waals surface area contributed by atoms with E-state index in [4.69, 9.17) is 0 Å². The average Bonchev–Trinajstić information content (AvgIpc) is 2.89. The Kier molecular flexibility index (Phi) is 5.13. The minimum Gasteiger partial charge on any atom is -0.334 e. The van der Waals surface area contributed by atoms with Gasteiger partial charge in [-0.3, -0.25) is 4.90 Å². The largest absolute Gasteiger partial charge is 0.334 e. The maximum Gasteiger partial charge on any atom is 0.317 e. The predicted molar refractivity (Wildman–Crippen MR) is 88.7 cm³/mol. The molecule has 3 unspecified atom stereocenters. The minimum atomic E-state index is -3.23. The first kappa shape index (κ1) is 17.0. The summed E-state index contributed by atoms with van der Waals surface area (Å²) in [5.74, 6) is 0. The van der Waals surface area contributed by atoms with Crippen LogP contribution in [0, 0.1) is 0 Å². The third-order valence-electron chi connectivity index (χ3n) is 5.25. The molecular formula is C15H28N4O3S. The van der Waals surface area contributed by atoms with Gasteiger partial charge in [0.05, 0.1) is 6.26 Å². The smallest absolute Gasteiger partial charge is 0.317 e. The molecule has 0 saturated carbocycles. The fraction of sp³-hybridized carbons (Fsp3) is 0.933. The van der Waals surface area contributed by atoms with Crippen LogP contribution in [0.15, 0.2) is 0 Å². The van der Waals surface area contributed by atoms with Gasteiger partial charge in [0.15, 0.2) is 0 Å². The van der Waals surface area contributed by atoms with Crippen LogP contribution >= 0.6 is 0 Å². The molecule has 3 fully saturated rings. The maximum atomic E-state index is 12.6. The zero-order chi connectivity index (χ0) is 16.4. The van der Waals surface area contributed by atoms with Crippen LogP contribution < -0.4 is 10.0 Å². The molecule has 3 aliphatic heterocycles. The van der Waals surface area contributed by atoms with Crippen molar-refractivity contribution in [2.45, 2.75) is 56.7 Å². The number of likely N-dealkylation sites (tertiary alicyclic amines) is 1. The normalized spacial score (nSPS) is 32.6. The summed E-state index contributed by atoms with van der Waals surface area (Å²) >= 11 is 0. The first-order valence-electron chi connectivity index (χ1n) is 8.69. The summed E-state index contributed by atoms with van der Waals surface area (Å²) in [4.78, 5) is 16.8. The number of urea groups is 1. The minimum absolute atomic E-state index is 0.0394. The first-order chi connectivity index (χ1) is 10.9. The SMILES string of the molecule is CS(=O)(=O)NC1CCCN(C(=O)NC2CCN3CCCCC23)C1. The monoisotopic (exact) mass is 344 g/mol. The maximum absolute atomic E-state index is 12.6. The van der Waals surface area contributed by atoms with Gasteiger partial charge in [0.1, 0.15) is 0 Å². The van der Waals surface area contributed by atoms with E-state index in [2.05, 4.69) is 14.9 Å². The van der Waals surface area contributed by atoms with Gasteiger partial charge in [0.2, 0.25) is 10.0 Å². The second kappa shape index (κ2) is 6.94. The van der Waals surface area contributed by atoms with Gasteiger partial charge in [0, 0.05) is 37.8 Å². The summed E-state index contributed by atoms with van der Waals surface area (Å²) in [6.45, 7) is 3.39. The van der Waals surface area contributed by atoms with Gasteiger partial charge in [-0.2, -0.15) is 0 Å². The van der Waals surface area contributed by atoms with Crippen LogP contribution in [0.3, 0.4) is 0 Å². The summed E-state index contributed by atoms with van der Waals surface area (Å²) in [7, 11) is -3.23. The number of rotatable bonds is 3. The topological polar surface area (TPSA) is 81.8 Å². The Morgan fingerprint density at radius 3 is 2.65 bits per heavy atom. The number of carbonyl (C=O) groups excluding carboxylic acids is 1. The van der Waals surface area contributed by atoms with Crippen molar-refractivity contribution in [1.29, 1.82) is 0 Å². The molecule has 0 aromatic rings. The molecule has 0 aromatic heterocycles. The highest BCUT2D eigenvalue weighted by atomic mass is 32.2. The molecule has 3 aliphatic rings. The summed E-state index contributed by atoms with van der Waals surface area (Å²) in [6.07, 6.45) is 7.50. The number of nitrogens with one attached hydrogen (secondary N) is 2. The Morgan fingerprint density at radius 1 is 1.04 bits per heavy atom. The summed E-state index contributed by atoms with van der Waals surface area (Å²) in [5, 5.41) is 3.20. The molecule has 0 aromatic carbocycles. The molecule has 3 atom stereocenters. The quantitative estimate of drug-likeness (QED) is 0.773. The van der Waals surface area contributed by atoms with Gasteiger partial charge in [0.25, 0.3) is 0 Å². The molecule has 132 valence electrons. The van der Waals surface area contributed by atoms with Crippen molar-refractivity contribution in [1.82, 2.24) is 19.8 Å². The van der Waals surface area contributed by atoms with Crippen molar-refractivity contribution in [2.75, 3.05) is 32.4 Å². The van der Waals surface area contributed by atoms with Gasteiger partial charge in [-0.05, 0) is 38.6 Å². The lowest BCUT2D eigenvalue weighted by molar-refractivity contribution is 0.157. The molecule has 2 amide bonds. The van der Waals surface area contributed by atoms with Crippen molar-refractivity contribution in [3.63, 3.8) is 0 Å². The van der Waals surface area contributed by atoms with Crippen molar-refractivity contribution in [2.24, 2.45) is 0 Å². The third kappa shape index (κ3) is 4.36. The van der Waals surface area contributed by atoms with E-state index in [1.165, 1.54) is 25.5 Å². The number of fused-ring (bicyclic) bond motifs is 1. The van der Waals surface area contributed by atoms with Gasteiger partial charge >= 0.3 is 6.03 Å². The number of hydrogen-bond acceptors (Lipinski definition) is 4. The molecule has 0 radical (unpaired) electrons. The first-order valence-corrected chi connectivity index (χ1v) is 10.6. The number of sulfonamides is 1. The van der Waals surface area contributed by atoms with Crippen molar-refractivity contribution >= 4 is 16.1 Å². The van der Waals surface area contributed by atoms with Gasteiger partial charge < -0.3 is 10.2 Å². The van der Waals surface area contributed by atoms with Crippen LogP contribution in [-0.2, 0) is 10.0 Å². The molecule has 0 bridgehead atoms. The Bertz CT molecular complexity index is 539. The molecule has 0 aliphatic carbocycles. The second-order valence-corrected chi connectivity index (χ2v) is 8.90. The number of amides is 2. The molecule has 3 heterocycles. The molecule has 3 rings (SSSR count). The zero-order valence-electron chi connectivity index (χ0n) is 13.8. The summed E-state index contributed by atoms with van der Waals surface area (Å²) in [6, 6.07) is 0.523. The Morgan fingerprint density at radius 2 is 1.87 bits per heavy atom. The molecule has 23 heavy (non-hydrogen) atoms. The second-order valence-electron chi connectivity index (χ2n) is 7.12. The van der Waals surface area contributed by atoms with E-state index >= 15 is 0 Å². The lowest BCUT2D eigenvalue weighted by atomic mass is 9.99. The highest BCUT2D eigenvalue weighted by Gasteiger charge is 2.37. The van der Waals surface area contributed by atoms with E-state index in [0.29, 0.717) is 19.1 Å². The van der Waals surface area contributed by atoms with Crippen LogP contribution in [0.4, 0.5) is 4.79 Å². The van der Waals surface area contributed by atoms with Crippen LogP contribution in [-0.4, -0.2) is 74.8 Å². The van der Waals surface area contributed by atoms with Crippen molar-refractivity contribution in [3.05, 3.63) is 0 Å². The molecule has 7 nitrogen and oxygen atoms in total. The fourth-order valence-electron chi connectivity index (χ4n) is 4.23. The van der Waals surface area contributed by atoms with Crippen molar-refractivity contribution in [3.8, 4) is 0 Å². The van der Waals surface area contributed by atoms with Gasteiger partial charge in [-0.15, -0.1) is 0 Å². The highest BCUT2D eigenvalue weighted by Crippen LogP contribution is 2.27. The molecule has 2 N–H and O–H groups in total. The fourth-order valence-corrected chi connectivity index (χ4v) is 5.02. The summed E-state index contributed by atoms with van der Waals surface area (Å²) < 4.78 is 25.4. The van der Waals surface area contributed by atoms with Crippen LogP contribution in [0.5, 0.6) is 0 Å². The highest BCUT2D eigenvalue weighted by molar-refractivity contribution is 7.88.